The highest BCUT2D eigenvalue weighted by atomic mass is 79.9. The molecule has 0 unspecified atom stereocenters. The minimum Gasteiger partial charge on any atom is -0.468 e. The maximum Gasteiger partial charge on any atom is 0.328 e. The molecule has 2 aromatic rings. The zero-order valence-electron chi connectivity index (χ0n) is 10.9. The highest BCUT2D eigenvalue weighted by Gasteiger charge is 2.28. The summed E-state index contributed by atoms with van der Waals surface area (Å²) < 4.78 is 32.5. The summed E-state index contributed by atoms with van der Waals surface area (Å²) in [6, 6.07) is 10.6. The van der Waals surface area contributed by atoms with E-state index in [9.17, 15) is 13.2 Å². The number of thiophene rings is 1. The number of rotatable bonds is 5. The van der Waals surface area contributed by atoms with Gasteiger partial charge in [-0.05, 0) is 33.6 Å². The van der Waals surface area contributed by atoms with Gasteiger partial charge in [-0.1, -0.05) is 30.3 Å². The van der Waals surface area contributed by atoms with Crippen LogP contribution in [0.2, 0.25) is 0 Å². The fourth-order valence-electron chi connectivity index (χ4n) is 1.67. The Morgan fingerprint density at radius 3 is 2.43 bits per heavy atom. The molecule has 1 heterocycles. The molecule has 0 bridgehead atoms. The molecule has 5 nitrogen and oxygen atoms in total. The van der Waals surface area contributed by atoms with Gasteiger partial charge in [0, 0.05) is 0 Å². The SMILES string of the molecule is COC(=O)[C@H](NS(=O)(=O)c1ccc(Br)s1)c1ccccc1. The third-order valence-corrected chi connectivity index (χ3v) is 6.19. The molecule has 1 N–H and O–H groups in total. The molecule has 112 valence electrons. The van der Waals surface area contributed by atoms with Crippen LogP contribution in [0.3, 0.4) is 0 Å². The van der Waals surface area contributed by atoms with E-state index >= 15 is 0 Å². The van der Waals surface area contributed by atoms with Crippen LogP contribution in [-0.2, 0) is 19.6 Å². The second-order valence-corrected chi connectivity index (χ2v) is 8.45. The standard InChI is InChI=1S/C13H12BrNO4S2/c1-19-13(16)12(9-5-3-2-4-6-9)15-21(17,18)11-8-7-10(14)20-11/h2-8,12,15H,1H3/t12-/m1/s1. The molecule has 1 atom stereocenters. The first-order chi connectivity index (χ1) is 9.94. The van der Waals surface area contributed by atoms with Crippen LogP contribution in [0.4, 0.5) is 0 Å². The van der Waals surface area contributed by atoms with Crippen molar-refractivity contribution in [3.63, 3.8) is 0 Å². The number of hydrogen-bond donors (Lipinski definition) is 1. The van der Waals surface area contributed by atoms with Crippen molar-refractivity contribution in [2.45, 2.75) is 10.3 Å². The largest absolute Gasteiger partial charge is 0.468 e. The van der Waals surface area contributed by atoms with E-state index in [0.717, 1.165) is 11.3 Å². The number of methoxy groups -OCH3 is 1. The number of ether oxygens (including phenoxy) is 1. The summed E-state index contributed by atoms with van der Waals surface area (Å²) in [7, 11) is -2.59. The summed E-state index contributed by atoms with van der Waals surface area (Å²) in [5, 5.41) is 0. The van der Waals surface area contributed by atoms with Crippen LogP contribution < -0.4 is 4.72 Å². The van der Waals surface area contributed by atoms with Gasteiger partial charge in [-0.2, -0.15) is 4.72 Å². The lowest BCUT2D eigenvalue weighted by Crippen LogP contribution is -2.34. The molecule has 0 radical (unpaired) electrons. The lowest BCUT2D eigenvalue weighted by Gasteiger charge is -2.16. The van der Waals surface area contributed by atoms with Crippen molar-refractivity contribution < 1.29 is 17.9 Å². The Labute approximate surface area is 135 Å². The normalized spacial score (nSPS) is 12.9. The topological polar surface area (TPSA) is 72.5 Å². The molecule has 0 saturated heterocycles. The minimum atomic E-state index is -3.80. The lowest BCUT2D eigenvalue weighted by molar-refractivity contribution is -0.142. The average Bonchev–Trinajstić information content (AvgIpc) is 2.92. The Morgan fingerprint density at radius 2 is 1.90 bits per heavy atom. The van der Waals surface area contributed by atoms with Crippen molar-refractivity contribution in [1.29, 1.82) is 0 Å². The fraction of sp³-hybridized carbons (Fsp3) is 0.154. The molecule has 0 aliphatic carbocycles. The zero-order chi connectivity index (χ0) is 15.5. The number of carbonyl (C=O) groups excluding carboxylic acids is 1. The molecule has 0 saturated carbocycles. The summed E-state index contributed by atoms with van der Waals surface area (Å²) in [5.74, 6) is -0.666. The van der Waals surface area contributed by atoms with Gasteiger partial charge in [-0.3, -0.25) is 0 Å². The Bertz CT molecular complexity index is 728. The summed E-state index contributed by atoms with van der Waals surface area (Å²) in [4.78, 5) is 11.9. The molecule has 0 aliphatic heterocycles. The van der Waals surface area contributed by atoms with E-state index in [1.165, 1.54) is 13.2 Å². The number of halogens is 1. The predicted octanol–water partition coefficient (Wildman–Crippen LogP) is 2.70. The number of nitrogens with one attached hydrogen (secondary N) is 1. The van der Waals surface area contributed by atoms with Crippen LogP contribution in [0.15, 0.2) is 50.5 Å². The van der Waals surface area contributed by atoms with Crippen molar-refractivity contribution in [1.82, 2.24) is 4.72 Å². The van der Waals surface area contributed by atoms with Crippen molar-refractivity contribution in [2.75, 3.05) is 7.11 Å². The molecule has 0 spiro atoms. The second kappa shape index (κ2) is 6.69. The van der Waals surface area contributed by atoms with Crippen LogP contribution in [0.5, 0.6) is 0 Å². The predicted molar refractivity (Wildman–Crippen MR) is 83.5 cm³/mol. The van der Waals surface area contributed by atoms with E-state index in [1.807, 2.05) is 0 Å². The first-order valence-corrected chi connectivity index (χ1v) is 8.94. The molecule has 0 aliphatic rings. The highest BCUT2D eigenvalue weighted by molar-refractivity contribution is 9.11. The minimum absolute atomic E-state index is 0.124. The number of sulfonamides is 1. The van der Waals surface area contributed by atoms with E-state index in [2.05, 4.69) is 25.4 Å². The van der Waals surface area contributed by atoms with Gasteiger partial charge in [0.25, 0.3) is 10.0 Å². The van der Waals surface area contributed by atoms with Gasteiger partial charge in [0.2, 0.25) is 0 Å². The van der Waals surface area contributed by atoms with Crippen molar-refractivity contribution >= 4 is 43.3 Å². The van der Waals surface area contributed by atoms with E-state index < -0.39 is 22.0 Å². The van der Waals surface area contributed by atoms with E-state index in [-0.39, 0.29) is 4.21 Å². The van der Waals surface area contributed by atoms with Gasteiger partial charge in [0.05, 0.1) is 10.9 Å². The third kappa shape index (κ3) is 3.91. The Balaban J connectivity index is 2.34. The monoisotopic (exact) mass is 389 g/mol. The smallest absolute Gasteiger partial charge is 0.328 e. The van der Waals surface area contributed by atoms with Gasteiger partial charge >= 0.3 is 5.97 Å². The molecule has 1 aromatic carbocycles. The quantitative estimate of drug-likeness (QED) is 0.797. The number of carbonyl (C=O) groups is 1. The molecular formula is C13H12BrNO4S2. The van der Waals surface area contributed by atoms with Crippen LogP contribution in [-0.4, -0.2) is 21.5 Å². The molecule has 21 heavy (non-hydrogen) atoms. The lowest BCUT2D eigenvalue weighted by atomic mass is 10.1. The van der Waals surface area contributed by atoms with Crippen LogP contribution in [0, 0.1) is 0 Å². The number of benzene rings is 1. The summed E-state index contributed by atoms with van der Waals surface area (Å²) in [5.41, 5.74) is 0.517. The molecular weight excluding hydrogens is 378 g/mol. The van der Waals surface area contributed by atoms with Gasteiger partial charge < -0.3 is 4.74 Å². The zero-order valence-corrected chi connectivity index (χ0v) is 14.2. The van der Waals surface area contributed by atoms with Crippen molar-refractivity contribution in [2.24, 2.45) is 0 Å². The molecule has 0 fully saturated rings. The first-order valence-electron chi connectivity index (χ1n) is 5.84. The molecule has 2 rings (SSSR count). The Hall–Kier alpha value is -1.22. The Kier molecular flexibility index (Phi) is 5.15. The van der Waals surface area contributed by atoms with Crippen molar-refractivity contribution in [3.8, 4) is 0 Å². The summed E-state index contributed by atoms with van der Waals surface area (Å²) in [6.07, 6.45) is 0. The third-order valence-electron chi connectivity index (χ3n) is 2.66. The van der Waals surface area contributed by atoms with Crippen LogP contribution in [0.25, 0.3) is 0 Å². The molecule has 1 aromatic heterocycles. The fourth-order valence-corrected chi connectivity index (χ4v) is 4.87. The van der Waals surface area contributed by atoms with Crippen LogP contribution in [0.1, 0.15) is 11.6 Å². The van der Waals surface area contributed by atoms with Gasteiger partial charge in [-0.25, -0.2) is 13.2 Å². The van der Waals surface area contributed by atoms with E-state index in [1.54, 1.807) is 36.4 Å². The van der Waals surface area contributed by atoms with E-state index in [0.29, 0.717) is 9.35 Å². The van der Waals surface area contributed by atoms with Crippen LogP contribution >= 0.6 is 27.3 Å². The highest BCUT2D eigenvalue weighted by Crippen LogP contribution is 2.27. The van der Waals surface area contributed by atoms with Gasteiger partial charge in [0.1, 0.15) is 10.3 Å². The van der Waals surface area contributed by atoms with Gasteiger partial charge in [-0.15, -0.1) is 11.3 Å². The maximum atomic E-state index is 12.3. The Morgan fingerprint density at radius 1 is 1.24 bits per heavy atom. The number of esters is 1. The van der Waals surface area contributed by atoms with Crippen molar-refractivity contribution in [3.05, 3.63) is 51.8 Å². The first kappa shape index (κ1) is 16.2. The summed E-state index contributed by atoms with van der Waals surface area (Å²) >= 11 is 4.28. The second-order valence-electron chi connectivity index (χ2n) is 4.05. The average molecular weight is 390 g/mol. The van der Waals surface area contributed by atoms with E-state index in [4.69, 9.17) is 0 Å². The van der Waals surface area contributed by atoms with Gasteiger partial charge in [0.15, 0.2) is 0 Å². The maximum absolute atomic E-state index is 12.3. The summed E-state index contributed by atoms with van der Waals surface area (Å²) in [6.45, 7) is 0. The molecule has 0 amide bonds. The number of hydrogen-bond acceptors (Lipinski definition) is 5. The molecule has 8 heteroatoms.